The van der Waals surface area contributed by atoms with E-state index in [1.165, 1.54) is 0 Å². The molecule has 0 fully saturated rings. The summed E-state index contributed by atoms with van der Waals surface area (Å²) in [6, 6.07) is 8.20. The van der Waals surface area contributed by atoms with Gasteiger partial charge in [0, 0.05) is 39.3 Å². The normalized spacial score (nSPS) is 16.7. The maximum absolute atomic E-state index is 9.63. The third-order valence-corrected chi connectivity index (χ3v) is 3.93. The van der Waals surface area contributed by atoms with Crippen molar-refractivity contribution >= 4 is 0 Å². The summed E-state index contributed by atoms with van der Waals surface area (Å²) in [4.78, 5) is 4.08. The van der Waals surface area contributed by atoms with Crippen LogP contribution in [0.4, 0.5) is 0 Å². The quantitative estimate of drug-likeness (QED) is 0.437. The van der Waals surface area contributed by atoms with E-state index in [1.54, 1.807) is 27.7 Å². The first-order chi connectivity index (χ1) is 12.2. The van der Waals surface area contributed by atoms with E-state index in [4.69, 9.17) is 0 Å². The first-order valence-corrected chi connectivity index (χ1v) is 9.40. The highest BCUT2D eigenvalue weighted by Crippen LogP contribution is 2.12. The van der Waals surface area contributed by atoms with Crippen molar-refractivity contribution in [2.75, 3.05) is 26.2 Å². The van der Waals surface area contributed by atoms with Crippen LogP contribution in [-0.4, -0.2) is 80.8 Å². The fourth-order valence-electron chi connectivity index (χ4n) is 3.17. The number of aliphatic hydroxyl groups excluding tert-OH is 4. The molecule has 4 N–H and O–H groups in total. The van der Waals surface area contributed by atoms with Crippen LogP contribution in [0, 0.1) is 0 Å². The zero-order chi connectivity index (χ0) is 19.7. The predicted molar refractivity (Wildman–Crippen MR) is 104 cm³/mol. The van der Waals surface area contributed by atoms with Gasteiger partial charge in [-0.3, -0.25) is 9.80 Å². The molecule has 4 atom stereocenters. The lowest BCUT2D eigenvalue weighted by Gasteiger charge is -2.26. The van der Waals surface area contributed by atoms with Gasteiger partial charge in [-0.1, -0.05) is 24.3 Å². The van der Waals surface area contributed by atoms with E-state index in [9.17, 15) is 20.4 Å². The van der Waals surface area contributed by atoms with Crippen LogP contribution >= 0.6 is 0 Å². The molecule has 0 heterocycles. The highest BCUT2D eigenvalue weighted by molar-refractivity contribution is 5.22. The van der Waals surface area contributed by atoms with Crippen LogP contribution in [0.5, 0.6) is 0 Å². The van der Waals surface area contributed by atoms with Crippen molar-refractivity contribution in [1.29, 1.82) is 0 Å². The lowest BCUT2D eigenvalue weighted by atomic mass is 10.1. The van der Waals surface area contributed by atoms with Gasteiger partial charge in [-0.15, -0.1) is 0 Å². The standard InChI is InChI=1S/C20H36N2O4/c1-15(23)9-21(10-16(2)24)13-19-5-7-20(8-6-19)14-22(11-17(3)25)12-18(4)26/h5-8,15-18,23-26H,9-14H2,1-4H3. The zero-order valence-corrected chi connectivity index (χ0v) is 16.5. The second-order valence-corrected chi connectivity index (χ2v) is 7.60. The molecule has 0 amide bonds. The molecule has 4 unspecified atom stereocenters. The molecule has 6 nitrogen and oxygen atoms in total. The first kappa shape index (κ1) is 23.0. The van der Waals surface area contributed by atoms with Crippen molar-refractivity contribution in [1.82, 2.24) is 9.80 Å². The van der Waals surface area contributed by atoms with Crippen LogP contribution in [0.2, 0.25) is 0 Å². The Morgan fingerprint density at radius 3 is 1.00 bits per heavy atom. The van der Waals surface area contributed by atoms with E-state index in [0.717, 1.165) is 11.1 Å². The van der Waals surface area contributed by atoms with Crippen LogP contribution in [-0.2, 0) is 13.1 Å². The van der Waals surface area contributed by atoms with Gasteiger partial charge in [0.25, 0.3) is 0 Å². The fraction of sp³-hybridized carbons (Fsp3) is 0.700. The third-order valence-electron chi connectivity index (χ3n) is 3.93. The molecule has 0 aliphatic heterocycles. The molecule has 0 aromatic heterocycles. The molecular formula is C20H36N2O4. The van der Waals surface area contributed by atoms with Crippen LogP contribution in [0.1, 0.15) is 38.8 Å². The summed E-state index contributed by atoms with van der Waals surface area (Å²) in [5.41, 5.74) is 2.24. The van der Waals surface area contributed by atoms with Crippen LogP contribution in [0.15, 0.2) is 24.3 Å². The van der Waals surface area contributed by atoms with Crippen molar-refractivity contribution in [2.45, 2.75) is 65.2 Å². The zero-order valence-electron chi connectivity index (χ0n) is 16.5. The summed E-state index contributed by atoms with van der Waals surface area (Å²) in [7, 11) is 0. The molecule has 26 heavy (non-hydrogen) atoms. The second kappa shape index (κ2) is 11.6. The van der Waals surface area contributed by atoms with E-state index in [0.29, 0.717) is 39.3 Å². The van der Waals surface area contributed by atoms with E-state index in [2.05, 4.69) is 24.3 Å². The lowest BCUT2D eigenvalue weighted by Crippen LogP contribution is -2.36. The monoisotopic (exact) mass is 368 g/mol. The number of hydrogen-bond donors (Lipinski definition) is 4. The number of rotatable bonds is 12. The van der Waals surface area contributed by atoms with Gasteiger partial charge in [-0.25, -0.2) is 0 Å². The Bertz CT molecular complexity index is 424. The molecule has 0 spiro atoms. The topological polar surface area (TPSA) is 87.4 Å². The van der Waals surface area contributed by atoms with Gasteiger partial charge in [-0.05, 0) is 38.8 Å². The van der Waals surface area contributed by atoms with Gasteiger partial charge < -0.3 is 20.4 Å². The van der Waals surface area contributed by atoms with Crippen LogP contribution in [0.3, 0.4) is 0 Å². The number of nitrogens with zero attached hydrogens (tertiary/aromatic N) is 2. The molecule has 0 saturated heterocycles. The molecule has 0 bridgehead atoms. The Morgan fingerprint density at radius 1 is 0.577 bits per heavy atom. The van der Waals surface area contributed by atoms with Crippen molar-refractivity contribution < 1.29 is 20.4 Å². The van der Waals surface area contributed by atoms with E-state index in [-0.39, 0.29) is 0 Å². The smallest absolute Gasteiger partial charge is 0.0639 e. The molecular weight excluding hydrogens is 332 g/mol. The molecule has 0 radical (unpaired) electrons. The lowest BCUT2D eigenvalue weighted by molar-refractivity contribution is 0.0783. The van der Waals surface area contributed by atoms with Crippen LogP contribution < -0.4 is 0 Å². The Balaban J connectivity index is 2.70. The van der Waals surface area contributed by atoms with Crippen molar-refractivity contribution in [3.63, 3.8) is 0 Å². The Kier molecular flexibility index (Phi) is 10.3. The van der Waals surface area contributed by atoms with Crippen molar-refractivity contribution in [3.05, 3.63) is 35.4 Å². The minimum absolute atomic E-state index is 0.442. The van der Waals surface area contributed by atoms with Crippen molar-refractivity contribution in [2.24, 2.45) is 0 Å². The minimum Gasteiger partial charge on any atom is -0.392 e. The summed E-state index contributed by atoms with van der Waals surface area (Å²) >= 11 is 0. The average Bonchev–Trinajstić information content (AvgIpc) is 2.46. The maximum Gasteiger partial charge on any atom is 0.0639 e. The summed E-state index contributed by atoms with van der Waals surface area (Å²) in [5.74, 6) is 0. The largest absolute Gasteiger partial charge is 0.392 e. The molecule has 1 aromatic rings. The summed E-state index contributed by atoms with van der Waals surface area (Å²) < 4.78 is 0. The maximum atomic E-state index is 9.63. The van der Waals surface area contributed by atoms with Gasteiger partial charge in [0.1, 0.15) is 0 Å². The Labute approximate surface area is 157 Å². The van der Waals surface area contributed by atoms with Gasteiger partial charge in [0.2, 0.25) is 0 Å². The SMILES string of the molecule is CC(O)CN(Cc1ccc(CN(CC(C)O)CC(C)O)cc1)CC(C)O. The molecule has 150 valence electrons. The van der Waals surface area contributed by atoms with Crippen LogP contribution in [0.25, 0.3) is 0 Å². The Hall–Kier alpha value is -1.02. The van der Waals surface area contributed by atoms with Gasteiger partial charge >= 0.3 is 0 Å². The number of hydrogen-bond acceptors (Lipinski definition) is 6. The molecule has 1 aromatic carbocycles. The van der Waals surface area contributed by atoms with E-state index >= 15 is 0 Å². The molecule has 0 aliphatic rings. The first-order valence-electron chi connectivity index (χ1n) is 9.40. The van der Waals surface area contributed by atoms with Gasteiger partial charge in [-0.2, -0.15) is 0 Å². The summed E-state index contributed by atoms with van der Waals surface area (Å²) in [6.45, 7) is 10.4. The molecule has 1 rings (SSSR count). The molecule has 6 heteroatoms. The Morgan fingerprint density at radius 2 is 0.808 bits per heavy atom. The molecule has 0 saturated carbocycles. The summed E-state index contributed by atoms with van der Waals surface area (Å²) in [5, 5.41) is 38.5. The molecule has 0 aliphatic carbocycles. The van der Waals surface area contributed by atoms with E-state index < -0.39 is 24.4 Å². The highest BCUT2D eigenvalue weighted by atomic mass is 16.3. The fourth-order valence-corrected chi connectivity index (χ4v) is 3.17. The second-order valence-electron chi connectivity index (χ2n) is 7.60. The average molecular weight is 369 g/mol. The predicted octanol–water partition coefficient (Wildman–Crippen LogP) is 0.814. The van der Waals surface area contributed by atoms with Gasteiger partial charge in [0.05, 0.1) is 24.4 Å². The van der Waals surface area contributed by atoms with E-state index in [1.807, 2.05) is 9.80 Å². The summed E-state index contributed by atoms with van der Waals surface area (Å²) in [6.07, 6.45) is -1.77. The van der Waals surface area contributed by atoms with Crippen molar-refractivity contribution in [3.8, 4) is 0 Å². The third kappa shape index (κ3) is 10.2. The number of aliphatic hydroxyl groups is 4. The van der Waals surface area contributed by atoms with Gasteiger partial charge in [0.15, 0.2) is 0 Å². The highest BCUT2D eigenvalue weighted by Gasteiger charge is 2.13. The number of benzene rings is 1. The minimum atomic E-state index is -0.442.